The Bertz CT molecular complexity index is 1380. The Morgan fingerprint density at radius 2 is 1.94 bits per heavy atom. The molecule has 0 aliphatic carbocycles. The molecule has 3 heterocycles. The van der Waals surface area contributed by atoms with Gasteiger partial charge in [0.1, 0.15) is 5.58 Å². The van der Waals surface area contributed by atoms with Gasteiger partial charge in [-0.1, -0.05) is 41.9 Å². The number of rotatable bonds is 4. The zero-order valence-corrected chi connectivity index (χ0v) is 18.7. The van der Waals surface area contributed by atoms with Crippen molar-refractivity contribution in [2.45, 2.75) is 19.9 Å². The number of aryl methyl sites for hydroxylation is 2. The molecule has 0 bridgehead atoms. The van der Waals surface area contributed by atoms with Gasteiger partial charge >= 0.3 is 0 Å². The highest BCUT2D eigenvalue weighted by Crippen LogP contribution is 2.44. The van der Waals surface area contributed by atoms with E-state index in [9.17, 15) is 14.7 Å². The molecule has 0 saturated heterocycles. The molecule has 5 rings (SSSR count). The standard InChI is InChI=1S/C24H17ClN2O4S/c1-12-13(2)32-24(26-12)27-20(15-7-5-8-16(25)10-15)19(22(29)23(27)30)21(28)18-11-14-6-3-4-9-17(14)31-18/h3-11,20,29H,1-2H3. The lowest BCUT2D eigenvalue weighted by molar-refractivity contribution is -0.117. The number of hydrogen-bond donors (Lipinski definition) is 1. The number of aromatic nitrogens is 1. The van der Waals surface area contributed by atoms with Gasteiger partial charge in [-0.3, -0.25) is 14.5 Å². The molecule has 160 valence electrons. The monoisotopic (exact) mass is 464 g/mol. The average Bonchev–Trinajstić information content (AvgIpc) is 3.42. The summed E-state index contributed by atoms with van der Waals surface area (Å²) in [6.07, 6.45) is 0. The lowest BCUT2D eigenvalue weighted by Crippen LogP contribution is -2.31. The first-order valence-corrected chi connectivity index (χ1v) is 11.0. The van der Waals surface area contributed by atoms with Gasteiger partial charge in [0.05, 0.1) is 17.3 Å². The number of nitrogens with zero attached hydrogens (tertiary/aromatic N) is 2. The second-order valence-corrected chi connectivity index (χ2v) is 9.13. The summed E-state index contributed by atoms with van der Waals surface area (Å²) in [4.78, 5) is 33.5. The number of carbonyl (C=O) groups is 2. The normalized spacial score (nSPS) is 16.4. The van der Waals surface area contributed by atoms with Crippen LogP contribution in [0.15, 0.2) is 70.3 Å². The molecular formula is C24H17ClN2O4S. The van der Waals surface area contributed by atoms with Crippen LogP contribution in [-0.4, -0.2) is 21.8 Å². The molecule has 1 unspecified atom stereocenters. The molecule has 1 atom stereocenters. The van der Waals surface area contributed by atoms with Gasteiger partial charge in [0.15, 0.2) is 16.7 Å². The summed E-state index contributed by atoms with van der Waals surface area (Å²) in [5, 5.41) is 12.4. The number of fused-ring (bicyclic) bond motifs is 1. The van der Waals surface area contributed by atoms with E-state index in [-0.39, 0.29) is 11.3 Å². The summed E-state index contributed by atoms with van der Waals surface area (Å²) in [6.45, 7) is 3.75. The van der Waals surface area contributed by atoms with Crippen LogP contribution in [0.4, 0.5) is 5.13 Å². The molecule has 1 aliphatic rings. The third-order valence-corrected chi connectivity index (χ3v) is 6.80. The molecule has 1 N–H and O–H groups in total. The van der Waals surface area contributed by atoms with Gasteiger partial charge < -0.3 is 9.52 Å². The van der Waals surface area contributed by atoms with Crippen LogP contribution in [0.3, 0.4) is 0 Å². The van der Waals surface area contributed by atoms with E-state index in [1.54, 1.807) is 42.5 Å². The van der Waals surface area contributed by atoms with Gasteiger partial charge in [-0.25, -0.2) is 4.98 Å². The van der Waals surface area contributed by atoms with E-state index in [0.29, 0.717) is 21.3 Å². The lowest BCUT2D eigenvalue weighted by Gasteiger charge is -2.24. The minimum absolute atomic E-state index is 0.0425. The maximum absolute atomic E-state index is 13.5. The Morgan fingerprint density at radius 3 is 2.62 bits per heavy atom. The molecule has 0 fully saturated rings. The van der Waals surface area contributed by atoms with Crippen molar-refractivity contribution < 1.29 is 19.1 Å². The van der Waals surface area contributed by atoms with Crippen LogP contribution in [0.25, 0.3) is 11.0 Å². The number of hydrogen-bond acceptors (Lipinski definition) is 6. The number of amides is 1. The Kier molecular flexibility index (Phi) is 4.87. The van der Waals surface area contributed by atoms with Crippen molar-refractivity contribution in [1.29, 1.82) is 0 Å². The Balaban J connectivity index is 1.68. The van der Waals surface area contributed by atoms with Gasteiger partial charge in [0, 0.05) is 15.3 Å². The number of benzene rings is 2. The molecule has 8 heteroatoms. The summed E-state index contributed by atoms with van der Waals surface area (Å²) in [6, 6.07) is 14.8. The quantitative estimate of drug-likeness (QED) is 0.378. The van der Waals surface area contributed by atoms with E-state index in [0.717, 1.165) is 16.0 Å². The first kappa shape index (κ1) is 20.5. The SMILES string of the molecule is Cc1nc(N2C(=O)C(O)=C(C(=O)c3cc4ccccc4o3)C2c2cccc(Cl)c2)sc1C. The van der Waals surface area contributed by atoms with Crippen molar-refractivity contribution >= 4 is 50.7 Å². The molecule has 32 heavy (non-hydrogen) atoms. The number of thiazole rings is 1. The van der Waals surface area contributed by atoms with Gasteiger partial charge in [-0.15, -0.1) is 11.3 Å². The lowest BCUT2D eigenvalue weighted by atomic mass is 9.95. The Hall–Kier alpha value is -3.42. The minimum Gasteiger partial charge on any atom is -0.503 e. The fraction of sp³-hybridized carbons (Fsp3) is 0.125. The molecule has 1 amide bonds. The van der Waals surface area contributed by atoms with E-state index in [2.05, 4.69) is 4.98 Å². The van der Waals surface area contributed by atoms with E-state index in [4.69, 9.17) is 16.0 Å². The van der Waals surface area contributed by atoms with Crippen molar-refractivity contribution in [1.82, 2.24) is 4.98 Å². The predicted octanol–water partition coefficient (Wildman–Crippen LogP) is 5.94. The maximum atomic E-state index is 13.5. The minimum atomic E-state index is -0.896. The Labute approximate surface area is 192 Å². The number of carbonyl (C=O) groups excluding carboxylic acids is 2. The first-order valence-electron chi connectivity index (χ1n) is 9.84. The first-order chi connectivity index (χ1) is 15.3. The van der Waals surface area contributed by atoms with Crippen LogP contribution in [-0.2, 0) is 4.79 Å². The molecule has 0 saturated carbocycles. The van der Waals surface area contributed by atoms with Crippen molar-refractivity contribution in [3.63, 3.8) is 0 Å². The van der Waals surface area contributed by atoms with E-state index >= 15 is 0 Å². The highest BCUT2D eigenvalue weighted by Gasteiger charge is 2.46. The van der Waals surface area contributed by atoms with Crippen molar-refractivity contribution in [3.8, 4) is 0 Å². The van der Waals surface area contributed by atoms with Gasteiger partial charge in [0.25, 0.3) is 5.91 Å². The number of ketones is 1. The highest BCUT2D eigenvalue weighted by atomic mass is 35.5. The fourth-order valence-corrected chi connectivity index (χ4v) is 4.95. The van der Waals surface area contributed by atoms with Crippen molar-refractivity contribution in [2.75, 3.05) is 4.90 Å². The highest BCUT2D eigenvalue weighted by molar-refractivity contribution is 7.15. The zero-order valence-electron chi connectivity index (χ0n) is 17.1. The van der Waals surface area contributed by atoms with E-state index < -0.39 is 23.5 Å². The molecule has 2 aromatic heterocycles. The number of halogens is 1. The van der Waals surface area contributed by atoms with Crippen molar-refractivity contribution in [3.05, 3.63) is 92.8 Å². The van der Waals surface area contributed by atoms with Crippen LogP contribution in [0, 0.1) is 13.8 Å². The maximum Gasteiger partial charge on any atom is 0.296 e. The second-order valence-electron chi connectivity index (χ2n) is 7.51. The number of anilines is 1. The number of aliphatic hydroxyl groups is 1. The number of Topliss-reactive ketones (excluding diaryl/α,β-unsaturated/α-hetero) is 1. The van der Waals surface area contributed by atoms with Crippen LogP contribution in [0.5, 0.6) is 0 Å². The molecule has 1 aliphatic heterocycles. The van der Waals surface area contributed by atoms with Gasteiger partial charge in [0.2, 0.25) is 5.78 Å². The summed E-state index contributed by atoms with van der Waals surface area (Å²) >= 11 is 7.54. The smallest absolute Gasteiger partial charge is 0.296 e. The third kappa shape index (κ3) is 3.21. The topological polar surface area (TPSA) is 83.6 Å². The average molecular weight is 465 g/mol. The van der Waals surface area contributed by atoms with Crippen LogP contribution in [0.1, 0.15) is 32.7 Å². The number of para-hydroxylation sites is 1. The summed E-state index contributed by atoms with van der Waals surface area (Å²) in [5.41, 5.74) is 1.84. The number of furan rings is 1. The van der Waals surface area contributed by atoms with Gasteiger partial charge in [-0.05, 0) is 43.7 Å². The molecule has 0 radical (unpaired) electrons. The van der Waals surface area contributed by atoms with Crippen LogP contribution < -0.4 is 4.90 Å². The molecule has 6 nitrogen and oxygen atoms in total. The van der Waals surface area contributed by atoms with Crippen LogP contribution in [0.2, 0.25) is 5.02 Å². The van der Waals surface area contributed by atoms with Gasteiger partial charge in [-0.2, -0.15) is 0 Å². The zero-order chi connectivity index (χ0) is 22.6. The Morgan fingerprint density at radius 1 is 1.16 bits per heavy atom. The molecule has 2 aromatic carbocycles. The molecule has 4 aromatic rings. The largest absolute Gasteiger partial charge is 0.503 e. The summed E-state index contributed by atoms with van der Waals surface area (Å²) in [7, 11) is 0. The second kappa shape index (κ2) is 7.62. The fourth-order valence-electron chi connectivity index (χ4n) is 3.81. The molecule has 0 spiro atoms. The van der Waals surface area contributed by atoms with E-state index in [1.807, 2.05) is 26.0 Å². The molecular weight excluding hydrogens is 448 g/mol. The summed E-state index contributed by atoms with van der Waals surface area (Å²) < 4.78 is 5.73. The summed E-state index contributed by atoms with van der Waals surface area (Å²) in [5.74, 6) is -1.83. The van der Waals surface area contributed by atoms with Crippen molar-refractivity contribution in [2.24, 2.45) is 0 Å². The predicted molar refractivity (Wildman–Crippen MR) is 123 cm³/mol. The van der Waals surface area contributed by atoms with E-state index in [1.165, 1.54) is 16.2 Å². The van der Waals surface area contributed by atoms with Crippen LogP contribution >= 0.6 is 22.9 Å². The third-order valence-electron chi connectivity index (χ3n) is 5.49. The number of aliphatic hydroxyl groups excluding tert-OH is 1.